The number of halogens is 1. The Hall–Kier alpha value is -1.35. The van der Waals surface area contributed by atoms with Crippen molar-refractivity contribution in [3.05, 3.63) is 21.5 Å². The van der Waals surface area contributed by atoms with Crippen LogP contribution >= 0.6 is 15.9 Å². The summed E-state index contributed by atoms with van der Waals surface area (Å²) >= 11 is 2.95. The Kier molecular flexibility index (Phi) is 2.23. The SMILES string of the molecule is N#Cc1nc(Br)ncc1N=O. The normalized spacial score (nSPS) is 8.73. The van der Waals surface area contributed by atoms with Gasteiger partial charge in [-0.2, -0.15) is 5.26 Å². The zero-order chi connectivity index (χ0) is 8.27. The highest BCUT2D eigenvalue weighted by Gasteiger charge is 2.04. The molecule has 0 saturated heterocycles. The smallest absolute Gasteiger partial charge is 0.197 e. The molecule has 1 heterocycles. The van der Waals surface area contributed by atoms with Crippen LogP contribution in [0.15, 0.2) is 16.1 Å². The van der Waals surface area contributed by atoms with E-state index < -0.39 is 0 Å². The lowest BCUT2D eigenvalue weighted by molar-refractivity contribution is 1.08. The third-order valence-corrected chi connectivity index (χ3v) is 1.33. The van der Waals surface area contributed by atoms with Crippen LogP contribution in [0.1, 0.15) is 5.69 Å². The van der Waals surface area contributed by atoms with Crippen molar-refractivity contribution >= 4 is 21.6 Å². The van der Waals surface area contributed by atoms with Crippen LogP contribution in [-0.2, 0) is 0 Å². The van der Waals surface area contributed by atoms with Crippen molar-refractivity contribution < 1.29 is 0 Å². The molecule has 0 fully saturated rings. The Balaban J connectivity index is 3.30. The van der Waals surface area contributed by atoms with Crippen molar-refractivity contribution in [2.24, 2.45) is 5.18 Å². The van der Waals surface area contributed by atoms with Gasteiger partial charge in [-0.25, -0.2) is 9.97 Å². The van der Waals surface area contributed by atoms with E-state index in [1.165, 1.54) is 6.20 Å². The molecule has 5 nitrogen and oxygen atoms in total. The molecule has 0 radical (unpaired) electrons. The van der Waals surface area contributed by atoms with Crippen molar-refractivity contribution in [2.75, 3.05) is 0 Å². The summed E-state index contributed by atoms with van der Waals surface area (Å²) in [7, 11) is 0. The summed E-state index contributed by atoms with van der Waals surface area (Å²) in [4.78, 5) is 17.2. The van der Waals surface area contributed by atoms with Gasteiger partial charge in [-0.15, -0.1) is 4.91 Å². The maximum Gasteiger partial charge on any atom is 0.197 e. The topological polar surface area (TPSA) is 79.0 Å². The molecule has 54 valence electrons. The Morgan fingerprint density at radius 1 is 1.73 bits per heavy atom. The van der Waals surface area contributed by atoms with Crippen LogP contribution in [0.2, 0.25) is 0 Å². The van der Waals surface area contributed by atoms with Crippen LogP contribution in [0.3, 0.4) is 0 Å². The standard InChI is InChI=1S/C5HBrN4O/c6-5-8-2-4(10-11)3(1-7)9-5/h2H. The molecule has 0 amide bonds. The molecule has 0 spiro atoms. The number of hydrogen-bond donors (Lipinski definition) is 0. The first-order chi connectivity index (χ1) is 5.27. The first-order valence-corrected chi connectivity index (χ1v) is 3.33. The lowest BCUT2D eigenvalue weighted by Gasteiger charge is -1.90. The van der Waals surface area contributed by atoms with Crippen LogP contribution in [0, 0.1) is 16.2 Å². The van der Waals surface area contributed by atoms with Crippen molar-refractivity contribution in [2.45, 2.75) is 0 Å². The number of aromatic nitrogens is 2. The molecule has 0 aliphatic heterocycles. The van der Waals surface area contributed by atoms with E-state index in [4.69, 9.17) is 5.26 Å². The summed E-state index contributed by atoms with van der Waals surface area (Å²) in [6.07, 6.45) is 1.18. The van der Waals surface area contributed by atoms with E-state index >= 15 is 0 Å². The van der Waals surface area contributed by atoms with Gasteiger partial charge in [0.1, 0.15) is 6.07 Å². The maximum absolute atomic E-state index is 10.0. The molecule has 0 bridgehead atoms. The molecule has 0 saturated carbocycles. The highest BCUT2D eigenvalue weighted by molar-refractivity contribution is 9.10. The zero-order valence-electron chi connectivity index (χ0n) is 5.15. The van der Waals surface area contributed by atoms with Crippen LogP contribution in [-0.4, -0.2) is 9.97 Å². The minimum Gasteiger partial charge on any atom is -0.228 e. The van der Waals surface area contributed by atoms with E-state index in [0.29, 0.717) is 0 Å². The largest absolute Gasteiger partial charge is 0.228 e. The number of nitriles is 1. The predicted molar refractivity (Wildman–Crippen MR) is 39.9 cm³/mol. The summed E-state index contributed by atoms with van der Waals surface area (Å²) in [5.41, 5.74) is -0.0717. The molecule has 11 heavy (non-hydrogen) atoms. The molecular formula is C5HBrN4O. The molecule has 1 aromatic rings. The first kappa shape index (κ1) is 7.75. The molecule has 0 aliphatic carbocycles. The van der Waals surface area contributed by atoms with Gasteiger partial charge in [-0.05, 0) is 21.1 Å². The average molecular weight is 213 g/mol. The predicted octanol–water partition coefficient (Wildman–Crippen LogP) is 1.51. The van der Waals surface area contributed by atoms with E-state index in [1.807, 2.05) is 0 Å². The minimum atomic E-state index is -0.0456. The zero-order valence-corrected chi connectivity index (χ0v) is 6.74. The van der Waals surface area contributed by atoms with Crippen molar-refractivity contribution in [1.29, 1.82) is 5.26 Å². The fourth-order valence-corrected chi connectivity index (χ4v) is 0.783. The summed E-state index contributed by atoms with van der Waals surface area (Å²) in [6.45, 7) is 0. The Morgan fingerprint density at radius 3 is 3.00 bits per heavy atom. The lowest BCUT2D eigenvalue weighted by Crippen LogP contribution is -1.86. The molecule has 6 heteroatoms. The van der Waals surface area contributed by atoms with Gasteiger partial charge < -0.3 is 0 Å². The van der Waals surface area contributed by atoms with E-state index in [-0.39, 0.29) is 16.1 Å². The third-order valence-electron chi connectivity index (χ3n) is 0.944. The molecule has 0 unspecified atom stereocenters. The van der Waals surface area contributed by atoms with Crippen LogP contribution in [0.4, 0.5) is 5.69 Å². The van der Waals surface area contributed by atoms with Gasteiger partial charge in [0.25, 0.3) is 0 Å². The molecular weight excluding hydrogens is 212 g/mol. The average Bonchev–Trinajstić information content (AvgIpc) is 2.04. The summed E-state index contributed by atoms with van der Waals surface area (Å²) in [6, 6.07) is 1.71. The number of nitrogens with zero attached hydrogens (tertiary/aromatic N) is 4. The molecule has 0 aliphatic rings. The van der Waals surface area contributed by atoms with Crippen LogP contribution in [0.25, 0.3) is 0 Å². The Morgan fingerprint density at radius 2 is 2.45 bits per heavy atom. The first-order valence-electron chi connectivity index (χ1n) is 2.54. The van der Waals surface area contributed by atoms with E-state index in [9.17, 15) is 4.91 Å². The van der Waals surface area contributed by atoms with Crippen LogP contribution in [0.5, 0.6) is 0 Å². The monoisotopic (exact) mass is 212 g/mol. The Labute approximate surface area is 70.2 Å². The fraction of sp³-hybridized carbons (Fsp3) is 0. The number of rotatable bonds is 1. The third kappa shape index (κ3) is 1.56. The second-order valence-corrected chi connectivity index (χ2v) is 2.29. The van der Waals surface area contributed by atoms with Gasteiger partial charge in [0.2, 0.25) is 0 Å². The minimum absolute atomic E-state index is 0.0260. The van der Waals surface area contributed by atoms with Gasteiger partial charge in [0.05, 0.1) is 6.20 Å². The van der Waals surface area contributed by atoms with Gasteiger partial charge in [-0.3, -0.25) is 0 Å². The molecule has 0 N–H and O–H groups in total. The summed E-state index contributed by atoms with van der Waals surface area (Å²) in [5, 5.41) is 11.0. The van der Waals surface area contributed by atoms with E-state index in [0.717, 1.165) is 0 Å². The summed E-state index contributed by atoms with van der Waals surface area (Å²) in [5.74, 6) is 0. The van der Waals surface area contributed by atoms with Gasteiger partial charge in [-0.1, -0.05) is 0 Å². The highest BCUT2D eigenvalue weighted by atomic mass is 79.9. The molecule has 1 rings (SSSR count). The van der Waals surface area contributed by atoms with E-state index in [1.54, 1.807) is 6.07 Å². The molecule has 1 aromatic heterocycles. The van der Waals surface area contributed by atoms with Gasteiger partial charge >= 0.3 is 0 Å². The van der Waals surface area contributed by atoms with Crippen molar-refractivity contribution in [3.8, 4) is 6.07 Å². The molecule has 0 aromatic carbocycles. The van der Waals surface area contributed by atoms with E-state index in [2.05, 4.69) is 31.1 Å². The number of nitroso groups, excluding NO2 is 1. The lowest BCUT2D eigenvalue weighted by atomic mass is 10.4. The molecule has 0 atom stereocenters. The van der Waals surface area contributed by atoms with Crippen molar-refractivity contribution in [3.63, 3.8) is 0 Å². The van der Waals surface area contributed by atoms with Gasteiger partial charge in [0, 0.05) is 0 Å². The van der Waals surface area contributed by atoms with Crippen molar-refractivity contribution in [1.82, 2.24) is 9.97 Å². The quantitative estimate of drug-likeness (QED) is 0.523. The Bertz CT molecular complexity index is 332. The fourth-order valence-electron chi connectivity index (χ4n) is 0.503. The van der Waals surface area contributed by atoms with Crippen LogP contribution < -0.4 is 0 Å². The van der Waals surface area contributed by atoms with Gasteiger partial charge in [0.15, 0.2) is 16.1 Å². The second kappa shape index (κ2) is 3.16. The second-order valence-electron chi connectivity index (χ2n) is 1.58. The number of hydrogen-bond acceptors (Lipinski definition) is 5. The summed E-state index contributed by atoms with van der Waals surface area (Å²) < 4.78 is 0.265. The highest BCUT2D eigenvalue weighted by Crippen LogP contribution is 2.15. The maximum atomic E-state index is 10.0.